The molecular formula is C17H14ClF3N2O2. The van der Waals surface area contributed by atoms with Crippen LogP contribution in [0.5, 0.6) is 0 Å². The van der Waals surface area contributed by atoms with E-state index in [1.807, 2.05) is 0 Å². The number of halogens is 4. The van der Waals surface area contributed by atoms with Crippen LogP contribution in [0.25, 0.3) is 0 Å². The summed E-state index contributed by atoms with van der Waals surface area (Å²) in [6, 6.07) is 9.47. The molecule has 0 unspecified atom stereocenters. The van der Waals surface area contributed by atoms with Gasteiger partial charge in [0, 0.05) is 17.0 Å². The van der Waals surface area contributed by atoms with E-state index in [4.69, 9.17) is 17.3 Å². The van der Waals surface area contributed by atoms with Crippen LogP contribution in [0.1, 0.15) is 21.5 Å². The highest BCUT2D eigenvalue weighted by atomic mass is 35.5. The zero-order valence-electron chi connectivity index (χ0n) is 12.8. The number of nitrogens with one attached hydrogen (secondary N) is 1. The molecule has 2 aromatic carbocycles. The molecule has 3 N–H and O–H groups in total. The number of amides is 2. The van der Waals surface area contributed by atoms with Gasteiger partial charge >= 0.3 is 6.18 Å². The summed E-state index contributed by atoms with van der Waals surface area (Å²) in [5.74, 6) is -1.65. The highest BCUT2D eigenvalue weighted by Gasteiger charge is 2.31. The molecule has 0 aliphatic rings. The van der Waals surface area contributed by atoms with Crippen molar-refractivity contribution in [2.75, 3.05) is 0 Å². The predicted molar refractivity (Wildman–Crippen MR) is 87.0 cm³/mol. The summed E-state index contributed by atoms with van der Waals surface area (Å²) in [6.07, 6.45) is -4.54. The maximum absolute atomic E-state index is 12.7. The molecular weight excluding hydrogens is 357 g/mol. The number of hydrogen-bond donors (Lipinski definition) is 2. The lowest BCUT2D eigenvalue weighted by molar-refractivity contribution is -0.137. The van der Waals surface area contributed by atoms with Gasteiger partial charge in [-0.05, 0) is 29.8 Å². The van der Waals surface area contributed by atoms with Crippen molar-refractivity contribution in [3.05, 3.63) is 70.2 Å². The van der Waals surface area contributed by atoms with Gasteiger partial charge in [0.15, 0.2) is 0 Å². The minimum absolute atomic E-state index is 0.0275. The van der Waals surface area contributed by atoms with Gasteiger partial charge in [-0.1, -0.05) is 35.9 Å². The lowest BCUT2D eigenvalue weighted by atomic mass is 10.0. The molecule has 0 aliphatic carbocycles. The molecule has 0 heterocycles. The predicted octanol–water partition coefficient (Wildman–Crippen LogP) is 3.19. The molecule has 0 aliphatic heterocycles. The highest BCUT2D eigenvalue weighted by Crippen LogP contribution is 2.29. The molecule has 4 nitrogen and oxygen atoms in total. The second kappa shape index (κ2) is 7.57. The number of alkyl halides is 3. The average Bonchev–Trinajstić information content (AvgIpc) is 2.55. The molecule has 0 saturated heterocycles. The fourth-order valence-corrected chi connectivity index (χ4v) is 2.40. The van der Waals surface area contributed by atoms with Crippen molar-refractivity contribution < 1.29 is 22.8 Å². The number of carbonyl (C=O) groups excluding carboxylic acids is 2. The van der Waals surface area contributed by atoms with Gasteiger partial charge in [0.25, 0.3) is 5.91 Å². The number of benzene rings is 2. The van der Waals surface area contributed by atoms with Crippen molar-refractivity contribution in [3.8, 4) is 0 Å². The van der Waals surface area contributed by atoms with Crippen LogP contribution in [-0.4, -0.2) is 17.9 Å². The van der Waals surface area contributed by atoms with E-state index in [0.717, 1.165) is 12.1 Å². The summed E-state index contributed by atoms with van der Waals surface area (Å²) >= 11 is 6.01. The summed E-state index contributed by atoms with van der Waals surface area (Å²) < 4.78 is 38.2. The summed E-state index contributed by atoms with van der Waals surface area (Å²) in [5.41, 5.74) is 4.69. The third kappa shape index (κ3) is 4.96. The van der Waals surface area contributed by atoms with Crippen LogP contribution < -0.4 is 11.1 Å². The van der Waals surface area contributed by atoms with Crippen LogP contribution in [0.2, 0.25) is 5.02 Å². The average molecular weight is 371 g/mol. The molecule has 1 atom stereocenters. The molecule has 2 rings (SSSR count). The van der Waals surface area contributed by atoms with Gasteiger partial charge in [-0.15, -0.1) is 0 Å². The number of nitrogens with two attached hydrogens (primary N) is 1. The van der Waals surface area contributed by atoms with E-state index in [2.05, 4.69) is 5.32 Å². The minimum atomic E-state index is -4.57. The van der Waals surface area contributed by atoms with Crippen LogP contribution >= 0.6 is 11.6 Å². The molecule has 2 amide bonds. The lowest BCUT2D eigenvalue weighted by Crippen LogP contribution is -2.45. The highest BCUT2D eigenvalue weighted by molar-refractivity contribution is 6.31. The molecule has 0 saturated carbocycles. The third-order valence-electron chi connectivity index (χ3n) is 3.48. The van der Waals surface area contributed by atoms with Crippen molar-refractivity contribution in [2.45, 2.75) is 18.6 Å². The van der Waals surface area contributed by atoms with Crippen molar-refractivity contribution >= 4 is 23.4 Å². The quantitative estimate of drug-likeness (QED) is 0.848. The molecule has 0 aromatic heterocycles. The number of hydrogen-bond acceptors (Lipinski definition) is 2. The van der Waals surface area contributed by atoms with E-state index in [-0.39, 0.29) is 12.0 Å². The molecule has 0 radical (unpaired) electrons. The van der Waals surface area contributed by atoms with Crippen LogP contribution in [0, 0.1) is 0 Å². The van der Waals surface area contributed by atoms with E-state index in [1.165, 1.54) is 6.07 Å². The second-order valence-electron chi connectivity index (χ2n) is 5.30. The summed E-state index contributed by atoms with van der Waals surface area (Å²) in [7, 11) is 0. The van der Waals surface area contributed by atoms with Gasteiger partial charge in [-0.3, -0.25) is 9.59 Å². The molecule has 25 heavy (non-hydrogen) atoms. The molecule has 132 valence electrons. The monoisotopic (exact) mass is 370 g/mol. The normalized spacial score (nSPS) is 12.5. The second-order valence-corrected chi connectivity index (χ2v) is 5.71. The van der Waals surface area contributed by atoms with Gasteiger partial charge < -0.3 is 11.1 Å². The summed E-state index contributed by atoms with van der Waals surface area (Å²) in [5, 5.41) is 2.74. The van der Waals surface area contributed by atoms with Gasteiger partial charge in [-0.25, -0.2) is 0 Å². The molecule has 2 aromatic rings. The van der Waals surface area contributed by atoms with Crippen LogP contribution in [-0.2, 0) is 17.4 Å². The molecule has 8 heteroatoms. The van der Waals surface area contributed by atoms with Crippen molar-refractivity contribution in [1.29, 1.82) is 0 Å². The molecule has 0 spiro atoms. The zero-order chi connectivity index (χ0) is 18.6. The Morgan fingerprint density at radius 1 is 1.12 bits per heavy atom. The van der Waals surface area contributed by atoms with E-state index >= 15 is 0 Å². The van der Waals surface area contributed by atoms with Crippen LogP contribution in [0.3, 0.4) is 0 Å². The number of rotatable bonds is 5. The minimum Gasteiger partial charge on any atom is -0.368 e. The first-order valence-electron chi connectivity index (χ1n) is 7.19. The Morgan fingerprint density at radius 3 is 2.40 bits per heavy atom. The van der Waals surface area contributed by atoms with Crippen LogP contribution in [0.4, 0.5) is 13.2 Å². The maximum Gasteiger partial charge on any atom is 0.416 e. The van der Waals surface area contributed by atoms with Gasteiger partial charge in [0.05, 0.1) is 5.56 Å². The lowest BCUT2D eigenvalue weighted by Gasteiger charge is -2.17. The van der Waals surface area contributed by atoms with Crippen LogP contribution in [0.15, 0.2) is 48.5 Å². The maximum atomic E-state index is 12.7. The first kappa shape index (κ1) is 18.8. The Kier molecular flexibility index (Phi) is 5.69. The van der Waals surface area contributed by atoms with Gasteiger partial charge in [-0.2, -0.15) is 13.2 Å². The third-order valence-corrected chi connectivity index (χ3v) is 3.85. The Hall–Kier alpha value is -2.54. The molecule has 0 fully saturated rings. The smallest absolute Gasteiger partial charge is 0.368 e. The van der Waals surface area contributed by atoms with Crippen molar-refractivity contribution in [1.82, 2.24) is 5.32 Å². The summed E-state index contributed by atoms with van der Waals surface area (Å²) in [4.78, 5) is 23.8. The molecule has 0 bridgehead atoms. The summed E-state index contributed by atoms with van der Waals surface area (Å²) in [6.45, 7) is 0. The first-order chi connectivity index (χ1) is 11.7. The zero-order valence-corrected chi connectivity index (χ0v) is 13.6. The van der Waals surface area contributed by atoms with E-state index in [9.17, 15) is 22.8 Å². The van der Waals surface area contributed by atoms with Gasteiger partial charge in [0.2, 0.25) is 5.91 Å². The number of carbonyl (C=O) groups is 2. The Labute approximate surface area is 146 Å². The first-order valence-corrected chi connectivity index (χ1v) is 7.57. The van der Waals surface area contributed by atoms with Crippen molar-refractivity contribution in [2.24, 2.45) is 5.73 Å². The Bertz CT molecular complexity index is 793. The number of primary amides is 1. The Balaban J connectivity index is 2.18. The van der Waals surface area contributed by atoms with Crippen molar-refractivity contribution in [3.63, 3.8) is 0 Å². The Morgan fingerprint density at radius 2 is 1.80 bits per heavy atom. The van der Waals surface area contributed by atoms with Gasteiger partial charge in [0.1, 0.15) is 6.04 Å². The van der Waals surface area contributed by atoms with E-state index < -0.39 is 29.6 Å². The fraction of sp³-hybridized carbons (Fsp3) is 0.176. The standard InChI is InChI=1S/C17H14ClF3N2O2/c18-13-7-2-1-4-10(13)9-14(15(22)24)23-16(25)11-5-3-6-12(8-11)17(19,20)21/h1-8,14H,9H2,(H2,22,24)(H,23,25)/t14-/m1/s1. The van der Waals surface area contributed by atoms with E-state index in [0.29, 0.717) is 16.7 Å². The fourth-order valence-electron chi connectivity index (χ4n) is 2.18. The SMILES string of the molecule is NC(=O)[C@@H](Cc1ccccc1Cl)NC(=O)c1cccc(C(F)(F)F)c1. The topological polar surface area (TPSA) is 72.2 Å². The largest absolute Gasteiger partial charge is 0.416 e. The van der Waals surface area contributed by atoms with E-state index in [1.54, 1.807) is 24.3 Å².